The molecule has 2 heteroatoms. The van der Waals surface area contributed by atoms with E-state index in [4.69, 9.17) is 0 Å². The van der Waals surface area contributed by atoms with Gasteiger partial charge in [0.25, 0.3) is 0 Å². The van der Waals surface area contributed by atoms with Crippen molar-refractivity contribution in [2.45, 2.75) is 0 Å². The summed E-state index contributed by atoms with van der Waals surface area (Å²) < 4.78 is 2.02. The number of hydrogen-bond donors (Lipinski definition) is 0. The lowest BCUT2D eigenvalue weighted by Gasteiger charge is -2.10. The van der Waals surface area contributed by atoms with Gasteiger partial charge in [-0.3, -0.25) is 4.79 Å². The molecule has 1 nitrogen and oxygen atoms in total. The van der Waals surface area contributed by atoms with Crippen molar-refractivity contribution in [3.63, 3.8) is 0 Å². The SMILES string of the molecule is O=c1c2cc(-c3ccc4c(ccc5ccccc54)c3)ccc2sc2ccc(-c3ccc4c(ccc5ccccc54)c3)cc12. The summed E-state index contributed by atoms with van der Waals surface area (Å²) in [5.74, 6) is 0. The molecule has 0 spiro atoms. The second-order valence-corrected chi connectivity index (χ2v) is 12.4. The van der Waals surface area contributed by atoms with Crippen LogP contribution < -0.4 is 5.43 Å². The normalized spacial score (nSPS) is 11.8. The molecule has 0 saturated carbocycles. The minimum atomic E-state index is 0.0889. The molecule has 0 atom stereocenters. The van der Waals surface area contributed by atoms with Gasteiger partial charge in [0.1, 0.15) is 0 Å². The van der Waals surface area contributed by atoms with Crippen LogP contribution in [0.4, 0.5) is 0 Å². The second-order valence-electron chi connectivity index (χ2n) is 11.3. The highest BCUT2D eigenvalue weighted by Gasteiger charge is 2.11. The Morgan fingerprint density at radius 2 is 0.721 bits per heavy atom. The molecule has 0 radical (unpaired) electrons. The van der Waals surface area contributed by atoms with E-state index in [1.165, 1.54) is 43.1 Å². The maximum atomic E-state index is 14.0. The van der Waals surface area contributed by atoms with Crippen molar-refractivity contribution >= 4 is 74.6 Å². The predicted octanol–water partition coefficient (Wildman–Crippen LogP) is 11.4. The molecular formula is C41H24OS. The van der Waals surface area contributed by atoms with E-state index in [9.17, 15) is 4.79 Å². The van der Waals surface area contributed by atoms with E-state index in [0.717, 1.165) is 42.4 Å². The third kappa shape index (κ3) is 3.88. The lowest BCUT2D eigenvalue weighted by Crippen LogP contribution is -2.01. The van der Waals surface area contributed by atoms with Crippen LogP contribution >= 0.6 is 11.3 Å². The summed E-state index contributed by atoms with van der Waals surface area (Å²) in [5, 5.41) is 11.5. The van der Waals surface area contributed by atoms with Gasteiger partial charge in [0.05, 0.1) is 0 Å². The number of rotatable bonds is 2. The largest absolute Gasteiger partial charge is 0.289 e. The number of fused-ring (bicyclic) bond motifs is 8. The molecule has 0 N–H and O–H groups in total. The fourth-order valence-electron chi connectivity index (χ4n) is 6.60. The lowest BCUT2D eigenvalue weighted by atomic mass is 9.96. The summed E-state index contributed by atoms with van der Waals surface area (Å²) >= 11 is 1.68. The predicted molar refractivity (Wildman–Crippen MR) is 186 cm³/mol. The third-order valence-corrected chi connectivity index (χ3v) is 9.98. The van der Waals surface area contributed by atoms with Crippen LogP contribution in [0.3, 0.4) is 0 Å². The number of benzene rings is 8. The molecule has 0 aliphatic carbocycles. The average Bonchev–Trinajstić information content (AvgIpc) is 3.07. The molecular weight excluding hydrogens is 541 g/mol. The minimum absolute atomic E-state index is 0.0889. The smallest absolute Gasteiger partial charge is 0.195 e. The Bertz CT molecular complexity index is 2460. The monoisotopic (exact) mass is 564 g/mol. The molecule has 9 rings (SSSR count). The van der Waals surface area contributed by atoms with Gasteiger partial charge in [-0.2, -0.15) is 0 Å². The molecule has 43 heavy (non-hydrogen) atoms. The van der Waals surface area contributed by atoms with Crippen molar-refractivity contribution in [3.8, 4) is 22.3 Å². The molecule has 0 aliphatic rings. The van der Waals surface area contributed by atoms with Gasteiger partial charge < -0.3 is 0 Å². The standard InChI is InChI=1S/C41H24OS/c42-41-37-23-29(27-13-17-35-31(21-27)11-9-25-5-1-3-7-33(25)35)15-19-39(37)43-40-20-16-30(24-38(40)41)28-14-18-36-32(22-28)12-10-26-6-2-4-8-34(26)36/h1-24H. The molecule has 0 amide bonds. The van der Waals surface area contributed by atoms with Crippen LogP contribution in [-0.4, -0.2) is 0 Å². The Morgan fingerprint density at radius 3 is 1.23 bits per heavy atom. The summed E-state index contributed by atoms with van der Waals surface area (Å²) in [5.41, 5.74) is 4.44. The van der Waals surface area contributed by atoms with Crippen molar-refractivity contribution in [2.75, 3.05) is 0 Å². The van der Waals surface area contributed by atoms with E-state index < -0.39 is 0 Å². The van der Waals surface area contributed by atoms with Gasteiger partial charge in [-0.15, -0.1) is 11.3 Å². The Labute approximate surface area is 251 Å². The van der Waals surface area contributed by atoms with Gasteiger partial charge in [-0.05, 0) is 102 Å². The Hall–Kier alpha value is -5.31. The van der Waals surface area contributed by atoms with E-state index in [1.807, 2.05) is 0 Å². The summed E-state index contributed by atoms with van der Waals surface area (Å²) in [4.78, 5) is 14.0. The summed E-state index contributed by atoms with van der Waals surface area (Å²) in [7, 11) is 0. The Kier molecular flexibility index (Phi) is 5.29. The molecule has 1 aromatic heterocycles. The first kappa shape index (κ1) is 24.3. The van der Waals surface area contributed by atoms with E-state index >= 15 is 0 Å². The van der Waals surface area contributed by atoms with Crippen LogP contribution in [0.1, 0.15) is 0 Å². The summed E-state index contributed by atoms with van der Waals surface area (Å²) in [6, 6.07) is 51.6. The van der Waals surface area contributed by atoms with Crippen LogP contribution in [-0.2, 0) is 0 Å². The van der Waals surface area contributed by atoms with Crippen LogP contribution in [0.5, 0.6) is 0 Å². The summed E-state index contributed by atoms with van der Waals surface area (Å²) in [6.45, 7) is 0. The van der Waals surface area contributed by atoms with Gasteiger partial charge in [0, 0.05) is 20.2 Å². The van der Waals surface area contributed by atoms with Crippen molar-refractivity contribution in [3.05, 3.63) is 156 Å². The maximum Gasteiger partial charge on any atom is 0.195 e. The van der Waals surface area contributed by atoms with Crippen LogP contribution in [0.25, 0.3) is 85.5 Å². The van der Waals surface area contributed by atoms with Crippen LogP contribution in [0.15, 0.2) is 150 Å². The molecule has 1 heterocycles. The van der Waals surface area contributed by atoms with E-state index in [1.54, 1.807) is 11.3 Å². The highest BCUT2D eigenvalue weighted by atomic mass is 32.1. The average molecular weight is 565 g/mol. The number of hydrogen-bond acceptors (Lipinski definition) is 2. The van der Waals surface area contributed by atoms with E-state index in [-0.39, 0.29) is 5.43 Å². The van der Waals surface area contributed by atoms with Gasteiger partial charge in [0.15, 0.2) is 5.43 Å². The van der Waals surface area contributed by atoms with E-state index in [0.29, 0.717) is 0 Å². The summed E-state index contributed by atoms with van der Waals surface area (Å²) in [6.07, 6.45) is 0. The Morgan fingerprint density at radius 1 is 0.326 bits per heavy atom. The molecule has 200 valence electrons. The lowest BCUT2D eigenvalue weighted by molar-refractivity contribution is 1.67. The van der Waals surface area contributed by atoms with Crippen molar-refractivity contribution in [1.29, 1.82) is 0 Å². The molecule has 0 aliphatic heterocycles. The van der Waals surface area contributed by atoms with Gasteiger partial charge in [-0.1, -0.05) is 109 Å². The first-order valence-corrected chi connectivity index (χ1v) is 15.4. The van der Waals surface area contributed by atoms with Gasteiger partial charge in [-0.25, -0.2) is 0 Å². The zero-order chi connectivity index (χ0) is 28.5. The Balaban J connectivity index is 1.16. The van der Waals surface area contributed by atoms with E-state index in [2.05, 4.69) is 146 Å². The first-order chi connectivity index (χ1) is 21.2. The minimum Gasteiger partial charge on any atom is -0.289 e. The fourth-order valence-corrected chi connectivity index (χ4v) is 7.63. The molecule has 0 fully saturated rings. The fraction of sp³-hybridized carbons (Fsp3) is 0. The molecule has 8 aromatic carbocycles. The molecule has 0 bridgehead atoms. The topological polar surface area (TPSA) is 17.1 Å². The molecule has 9 aromatic rings. The van der Waals surface area contributed by atoms with Crippen molar-refractivity contribution in [2.24, 2.45) is 0 Å². The highest BCUT2D eigenvalue weighted by molar-refractivity contribution is 7.24. The quantitative estimate of drug-likeness (QED) is 0.151. The van der Waals surface area contributed by atoms with Crippen LogP contribution in [0.2, 0.25) is 0 Å². The van der Waals surface area contributed by atoms with Gasteiger partial charge >= 0.3 is 0 Å². The molecule has 0 saturated heterocycles. The zero-order valence-electron chi connectivity index (χ0n) is 23.2. The first-order valence-electron chi connectivity index (χ1n) is 14.5. The molecule has 0 unspecified atom stereocenters. The van der Waals surface area contributed by atoms with Gasteiger partial charge in [0.2, 0.25) is 0 Å². The van der Waals surface area contributed by atoms with Crippen LogP contribution in [0, 0.1) is 0 Å². The maximum absolute atomic E-state index is 14.0. The van der Waals surface area contributed by atoms with Crippen molar-refractivity contribution in [1.82, 2.24) is 0 Å². The highest BCUT2D eigenvalue weighted by Crippen LogP contribution is 2.35. The van der Waals surface area contributed by atoms with Crippen molar-refractivity contribution < 1.29 is 0 Å². The second kappa shape index (κ2) is 9.35. The third-order valence-electron chi connectivity index (χ3n) is 8.82. The zero-order valence-corrected chi connectivity index (χ0v) is 24.0.